The van der Waals surface area contributed by atoms with Gasteiger partial charge in [-0.15, -0.1) is 0 Å². The van der Waals surface area contributed by atoms with E-state index in [1.165, 1.54) is 0 Å². The van der Waals surface area contributed by atoms with Crippen LogP contribution in [-0.4, -0.2) is 20.8 Å². The molecular weight excluding hydrogens is 262 g/mol. The van der Waals surface area contributed by atoms with Gasteiger partial charge in [0.1, 0.15) is 11.4 Å². The van der Waals surface area contributed by atoms with Crippen LogP contribution < -0.4 is 0 Å². The summed E-state index contributed by atoms with van der Waals surface area (Å²) >= 11 is 0. The van der Waals surface area contributed by atoms with Crippen LogP contribution in [-0.2, 0) is 0 Å². The van der Waals surface area contributed by atoms with Crippen molar-refractivity contribution in [2.75, 3.05) is 0 Å². The van der Waals surface area contributed by atoms with E-state index in [1.54, 1.807) is 30.6 Å². The highest BCUT2D eigenvalue weighted by atomic mass is 16.3. The molecule has 1 aliphatic rings. The van der Waals surface area contributed by atoms with Crippen LogP contribution in [0.3, 0.4) is 0 Å². The molecule has 0 atom stereocenters. The average molecular weight is 273 g/mol. The number of aliphatic imine (C=N–C) groups is 1. The van der Waals surface area contributed by atoms with Gasteiger partial charge in [0.2, 0.25) is 0 Å². The monoisotopic (exact) mass is 273 g/mol. The quantitative estimate of drug-likeness (QED) is 0.578. The molecule has 2 aromatic heterocycles. The van der Waals surface area contributed by atoms with Gasteiger partial charge in [0.25, 0.3) is 0 Å². The van der Waals surface area contributed by atoms with Gasteiger partial charge in [0.05, 0.1) is 17.1 Å². The van der Waals surface area contributed by atoms with Crippen molar-refractivity contribution in [2.24, 2.45) is 4.99 Å². The van der Waals surface area contributed by atoms with E-state index in [0.717, 1.165) is 28.2 Å². The number of para-hydroxylation sites is 2. The molecule has 3 aromatic rings. The molecule has 0 spiro atoms. The number of hydrogen-bond donors (Lipinski definition) is 1. The molecule has 2 heterocycles. The van der Waals surface area contributed by atoms with Crippen molar-refractivity contribution in [1.29, 1.82) is 0 Å². The molecule has 0 unspecified atom stereocenters. The molecule has 4 rings (SSSR count). The molecule has 0 amide bonds. The Kier molecular flexibility index (Phi) is 2.54. The summed E-state index contributed by atoms with van der Waals surface area (Å²) in [5, 5.41) is 9.93. The number of aromatic hydroxyl groups is 1. The number of benzene rings is 1. The molecule has 0 aliphatic heterocycles. The third-order valence-electron chi connectivity index (χ3n) is 3.46. The molecule has 21 heavy (non-hydrogen) atoms. The summed E-state index contributed by atoms with van der Waals surface area (Å²) in [5.41, 5.74) is 4.88. The van der Waals surface area contributed by atoms with Gasteiger partial charge in [-0.25, -0.2) is 4.99 Å². The minimum absolute atomic E-state index is 0.160. The molecule has 0 radical (unpaired) electrons. The number of aromatic nitrogens is 2. The first-order valence-corrected chi connectivity index (χ1v) is 6.62. The molecule has 1 aromatic carbocycles. The van der Waals surface area contributed by atoms with E-state index in [1.807, 2.05) is 30.3 Å². The number of rotatable bonds is 1. The predicted octanol–water partition coefficient (Wildman–Crippen LogP) is 3.33. The van der Waals surface area contributed by atoms with Crippen LogP contribution in [0.1, 0.15) is 11.1 Å². The largest absolute Gasteiger partial charge is 0.506 e. The van der Waals surface area contributed by atoms with Gasteiger partial charge in [0, 0.05) is 23.5 Å². The maximum atomic E-state index is 9.93. The Morgan fingerprint density at radius 1 is 0.762 bits per heavy atom. The van der Waals surface area contributed by atoms with Crippen LogP contribution in [0.4, 0.5) is 5.69 Å². The highest BCUT2D eigenvalue weighted by molar-refractivity contribution is 6.23. The number of phenols is 1. The number of nitrogens with zero attached hydrogens (tertiary/aromatic N) is 3. The first-order chi connectivity index (χ1) is 10.3. The lowest BCUT2D eigenvalue weighted by Crippen LogP contribution is -1.97. The minimum atomic E-state index is 0.160. The molecule has 0 saturated carbocycles. The van der Waals surface area contributed by atoms with Crippen molar-refractivity contribution < 1.29 is 5.11 Å². The van der Waals surface area contributed by atoms with Crippen LogP contribution in [0, 0.1) is 0 Å². The number of pyridine rings is 2. The fraction of sp³-hybridized carbons (Fsp3) is 0. The Balaban J connectivity index is 1.99. The third-order valence-corrected chi connectivity index (χ3v) is 3.46. The average Bonchev–Trinajstić information content (AvgIpc) is 2.85. The van der Waals surface area contributed by atoms with Crippen molar-refractivity contribution in [1.82, 2.24) is 9.97 Å². The molecule has 4 heteroatoms. The molecule has 1 N–H and O–H groups in total. The summed E-state index contributed by atoms with van der Waals surface area (Å²) in [4.78, 5) is 13.4. The Morgan fingerprint density at radius 2 is 1.38 bits per heavy atom. The van der Waals surface area contributed by atoms with Gasteiger partial charge in [-0.3, -0.25) is 9.97 Å². The normalized spacial score (nSPS) is 11.9. The van der Waals surface area contributed by atoms with Crippen molar-refractivity contribution in [2.45, 2.75) is 0 Å². The first-order valence-electron chi connectivity index (χ1n) is 6.62. The maximum Gasteiger partial charge on any atom is 0.141 e. The van der Waals surface area contributed by atoms with E-state index in [9.17, 15) is 5.11 Å². The zero-order valence-electron chi connectivity index (χ0n) is 11.1. The molecule has 1 aliphatic carbocycles. The standard InChI is InChI=1S/C17H11N3O/c21-14-8-2-1-7-13(14)20-15-11-5-3-9-18-16(11)17-12(15)6-4-10-19-17/h1-10,21H. The Bertz CT molecular complexity index is 824. The molecule has 4 nitrogen and oxygen atoms in total. The topological polar surface area (TPSA) is 58.4 Å². The lowest BCUT2D eigenvalue weighted by molar-refractivity contribution is 0.477. The fourth-order valence-corrected chi connectivity index (χ4v) is 2.51. The SMILES string of the molecule is Oc1ccccc1N=C1c2cccnc2-c2ncccc21. The van der Waals surface area contributed by atoms with Crippen LogP contribution in [0.2, 0.25) is 0 Å². The van der Waals surface area contributed by atoms with Crippen LogP contribution >= 0.6 is 0 Å². The van der Waals surface area contributed by atoms with Crippen LogP contribution in [0.5, 0.6) is 5.75 Å². The number of phenolic OH excluding ortho intramolecular Hbond substituents is 1. The lowest BCUT2D eigenvalue weighted by atomic mass is 10.1. The summed E-state index contributed by atoms with van der Waals surface area (Å²) in [6.07, 6.45) is 3.50. The van der Waals surface area contributed by atoms with E-state index in [2.05, 4.69) is 15.0 Å². The summed E-state index contributed by atoms with van der Waals surface area (Å²) in [5.74, 6) is 0.160. The highest BCUT2D eigenvalue weighted by Crippen LogP contribution is 2.36. The van der Waals surface area contributed by atoms with Crippen LogP contribution in [0.25, 0.3) is 11.4 Å². The highest BCUT2D eigenvalue weighted by Gasteiger charge is 2.26. The van der Waals surface area contributed by atoms with Gasteiger partial charge in [0.15, 0.2) is 0 Å². The number of fused-ring (bicyclic) bond motifs is 3. The zero-order chi connectivity index (χ0) is 14.2. The second kappa shape index (κ2) is 4.52. The molecular formula is C17H11N3O. The molecule has 100 valence electrons. The zero-order valence-corrected chi connectivity index (χ0v) is 11.1. The molecule has 0 bridgehead atoms. The molecule has 0 fully saturated rings. The summed E-state index contributed by atoms with van der Waals surface area (Å²) in [6, 6.07) is 14.7. The number of hydrogen-bond acceptors (Lipinski definition) is 4. The maximum absolute atomic E-state index is 9.93. The Labute approximate surface area is 121 Å². The Morgan fingerprint density at radius 3 is 2.00 bits per heavy atom. The van der Waals surface area contributed by atoms with Crippen molar-refractivity contribution in [3.05, 3.63) is 72.1 Å². The van der Waals surface area contributed by atoms with Gasteiger partial charge < -0.3 is 5.11 Å². The summed E-state index contributed by atoms with van der Waals surface area (Å²) < 4.78 is 0. The minimum Gasteiger partial charge on any atom is -0.506 e. The van der Waals surface area contributed by atoms with Gasteiger partial charge in [-0.05, 0) is 36.4 Å². The van der Waals surface area contributed by atoms with E-state index >= 15 is 0 Å². The third kappa shape index (κ3) is 1.80. The van der Waals surface area contributed by atoms with Crippen molar-refractivity contribution >= 4 is 11.4 Å². The van der Waals surface area contributed by atoms with E-state index in [0.29, 0.717) is 5.69 Å². The van der Waals surface area contributed by atoms with Crippen LogP contribution in [0.15, 0.2) is 65.9 Å². The smallest absolute Gasteiger partial charge is 0.141 e. The van der Waals surface area contributed by atoms with Gasteiger partial charge in [-0.2, -0.15) is 0 Å². The van der Waals surface area contributed by atoms with Crippen molar-refractivity contribution in [3.8, 4) is 17.1 Å². The van der Waals surface area contributed by atoms with Gasteiger partial charge in [-0.1, -0.05) is 12.1 Å². The second-order valence-corrected chi connectivity index (χ2v) is 4.75. The Hall–Kier alpha value is -3.01. The lowest BCUT2D eigenvalue weighted by Gasteiger charge is -2.03. The van der Waals surface area contributed by atoms with Crippen molar-refractivity contribution in [3.63, 3.8) is 0 Å². The first kappa shape index (κ1) is 11.8. The predicted molar refractivity (Wildman–Crippen MR) is 80.9 cm³/mol. The van der Waals surface area contributed by atoms with E-state index < -0.39 is 0 Å². The second-order valence-electron chi connectivity index (χ2n) is 4.75. The summed E-state index contributed by atoms with van der Waals surface area (Å²) in [6.45, 7) is 0. The van der Waals surface area contributed by atoms with Gasteiger partial charge >= 0.3 is 0 Å². The fourth-order valence-electron chi connectivity index (χ4n) is 2.51. The van der Waals surface area contributed by atoms with E-state index in [4.69, 9.17) is 0 Å². The van der Waals surface area contributed by atoms with E-state index in [-0.39, 0.29) is 5.75 Å². The molecule has 0 saturated heterocycles. The summed E-state index contributed by atoms with van der Waals surface area (Å²) in [7, 11) is 0.